The predicted molar refractivity (Wildman–Crippen MR) is 104 cm³/mol. The van der Waals surface area contributed by atoms with Crippen LogP contribution in [0.15, 0.2) is 35.4 Å². The molecule has 1 heterocycles. The molecule has 4 nitrogen and oxygen atoms in total. The lowest BCUT2D eigenvalue weighted by molar-refractivity contribution is -0.130. The highest BCUT2D eigenvalue weighted by Crippen LogP contribution is 2.38. The normalized spacial score (nSPS) is 19.9. The molecule has 1 aromatic carbocycles. The van der Waals surface area contributed by atoms with Crippen molar-refractivity contribution in [1.29, 1.82) is 0 Å². The van der Waals surface area contributed by atoms with Crippen molar-refractivity contribution in [1.82, 2.24) is 10.2 Å². The summed E-state index contributed by atoms with van der Waals surface area (Å²) < 4.78 is 0. The second kappa shape index (κ2) is 8.07. The van der Waals surface area contributed by atoms with Gasteiger partial charge in [0.05, 0.1) is 12.5 Å². The van der Waals surface area contributed by atoms with Gasteiger partial charge in [0.25, 0.3) is 5.91 Å². The first kappa shape index (κ1) is 18.7. The maximum absolute atomic E-state index is 12.9. The van der Waals surface area contributed by atoms with Crippen molar-refractivity contribution < 1.29 is 9.59 Å². The third-order valence-corrected chi connectivity index (χ3v) is 5.61. The van der Waals surface area contributed by atoms with E-state index in [4.69, 9.17) is 0 Å². The van der Waals surface area contributed by atoms with Crippen LogP contribution in [0.4, 0.5) is 0 Å². The molecule has 0 aromatic heterocycles. The number of hydrogen-bond acceptors (Lipinski definition) is 2. The number of aryl methyl sites for hydroxylation is 1. The highest BCUT2D eigenvalue weighted by Gasteiger charge is 2.41. The summed E-state index contributed by atoms with van der Waals surface area (Å²) in [5.74, 6) is 0.0136. The first-order valence-electron chi connectivity index (χ1n) is 9.90. The van der Waals surface area contributed by atoms with Crippen LogP contribution in [0.25, 0.3) is 0 Å². The fourth-order valence-electron chi connectivity index (χ4n) is 4.19. The molecule has 1 aromatic rings. The fourth-order valence-corrected chi connectivity index (χ4v) is 4.19. The van der Waals surface area contributed by atoms with Crippen molar-refractivity contribution in [3.63, 3.8) is 0 Å². The maximum atomic E-state index is 12.9. The number of carbonyl (C=O) groups is 2. The first-order chi connectivity index (χ1) is 12.5. The van der Waals surface area contributed by atoms with Crippen LogP contribution < -0.4 is 5.32 Å². The van der Waals surface area contributed by atoms with Gasteiger partial charge in [0.1, 0.15) is 0 Å². The molecule has 1 aliphatic heterocycles. The van der Waals surface area contributed by atoms with Gasteiger partial charge in [-0.15, -0.1) is 0 Å². The number of amides is 2. The van der Waals surface area contributed by atoms with E-state index in [0.717, 1.165) is 43.2 Å². The third kappa shape index (κ3) is 3.84. The lowest BCUT2D eigenvalue weighted by atomic mass is 9.88. The number of nitrogens with zero attached hydrogens (tertiary/aromatic N) is 1. The van der Waals surface area contributed by atoms with Gasteiger partial charge in [-0.25, -0.2) is 0 Å². The molecule has 2 amide bonds. The van der Waals surface area contributed by atoms with Crippen LogP contribution >= 0.6 is 0 Å². The van der Waals surface area contributed by atoms with Gasteiger partial charge in [0.15, 0.2) is 0 Å². The molecule has 0 saturated heterocycles. The van der Waals surface area contributed by atoms with E-state index in [1.165, 1.54) is 11.1 Å². The average molecular weight is 354 g/mol. The molecule has 26 heavy (non-hydrogen) atoms. The van der Waals surface area contributed by atoms with Crippen LogP contribution in [0.3, 0.4) is 0 Å². The molecule has 0 bridgehead atoms. The topological polar surface area (TPSA) is 49.4 Å². The van der Waals surface area contributed by atoms with Crippen LogP contribution in [-0.4, -0.2) is 28.8 Å². The van der Waals surface area contributed by atoms with Crippen LogP contribution in [0, 0.1) is 0 Å². The zero-order valence-electron chi connectivity index (χ0n) is 16.2. The molecule has 2 aliphatic rings. The largest absolute Gasteiger partial charge is 0.352 e. The van der Waals surface area contributed by atoms with Gasteiger partial charge in [0, 0.05) is 18.2 Å². The van der Waals surface area contributed by atoms with E-state index in [2.05, 4.69) is 50.4 Å². The summed E-state index contributed by atoms with van der Waals surface area (Å²) in [6, 6.07) is 8.71. The second-order valence-corrected chi connectivity index (χ2v) is 7.70. The Morgan fingerprint density at radius 3 is 2.54 bits per heavy atom. The van der Waals surface area contributed by atoms with Crippen molar-refractivity contribution in [2.75, 3.05) is 0 Å². The molecule has 1 aliphatic carbocycles. The van der Waals surface area contributed by atoms with Crippen molar-refractivity contribution >= 4 is 11.8 Å². The van der Waals surface area contributed by atoms with Gasteiger partial charge in [-0.1, -0.05) is 37.6 Å². The number of rotatable bonds is 6. The molecule has 3 rings (SSSR count). The zero-order valence-corrected chi connectivity index (χ0v) is 16.2. The Labute approximate surface area is 156 Å². The second-order valence-electron chi connectivity index (χ2n) is 7.70. The fraction of sp³-hybridized carbons (Fsp3) is 0.545. The smallest absolute Gasteiger partial charge is 0.251 e. The van der Waals surface area contributed by atoms with E-state index in [-0.39, 0.29) is 30.3 Å². The van der Waals surface area contributed by atoms with Gasteiger partial charge < -0.3 is 10.2 Å². The first-order valence-corrected chi connectivity index (χ1v) is 9.90. The minimum Gasteiger partial charge on any atom is -0.352 e. The van der Waals surface area contributed by atoms with Crippen LogP contribution in [0.5, 0.6) is 0 Å². The molecule has 1 atom stereocenters. The Bertz CT molecular complexity index is 703. The minimum absolute atomic E-state index is 0.0599. The maximum Gasteiger partial charge on any atom is 0.251 e. The van der Waals surface area contributed by atoms with Crippen LogP contribution in [-0.2, 0) is 22.6 Å². The molecule has 140 valence electrons. The molecule has 1 saturated carbocycles. The standard InChI is InChI=1S/C22H30N2O2/c1-4-16-9-11-17(12-10-16)14-23-21(25)13-19-18-7-5-6-8-20(18)24(15(2)3)22(19)26/h9-12,15,20H,4-8,13-14H2,1-3H3,(H,23,25). The quantitative estimate of drug-likeness (QED) is 0.846. The van der Waals surface area contributed by atoms with Crippen LogP contribution in [0.2, 0.25) is 0 Å². The SMILES string of the molecule is CCc1ccc(CNC(=O)CC2=C3CCCCC3N(C(C)C)C2=O)cc1. The van der Waals surface area contributed by atoms with E-state index in [0.29, 0.717) is 6.54 Å². The lowest BCUT2D eigenvalue weighted by Crippen LogP contribution is -2.41. The zero-order chi connectivity index (χ0) is 18.7. The molecular formula is C22H30N2O2. The summed E-state index contributed by atoms with van der Waals surface area (Å²) in [5.41, 5.74) is 4.35. The number of fused-ring (bicyclic) bond motifs is 1. The highest BCUT2D eigenvalue weighted by atomic mass is 16.2. The molecule has 1 N–H and O–H groups in total. The molecule has 4 heteroatoms. The van der Waals surface area contributed by atoms with E-state index in [9.17, 15) is 9.59 Å². The molecule has 1 fully saturated rings. The summed E-state index contributed by atoms with van der Waals surface area (Å²) in [6.07, 6.45) is 5.51. The van der Waals surface area contributed by atoms with Crippen LogP contribution in [0.1, 0.15) is 64.0 Å². The summed E-state index contributed by atoms with van der Waals surface area (Å²) in [5, 5.41) is 2.98. The lowest BCUT2D eigenvalue weighted by Gasteiger charge is -2.33. The van der Waals surface area contributed by atoms with E-state index >= 15 is 0 Å². The average Bonchev–Trinajstić information content (AvgIpc) is 2.92. The van der Waals surface area contributed by atoms with E-state index < -0.39 is 0 Å². The Morgan fingerprint density at radius 2 is 1.88 bits per heavy atom. The van der Waals surface area contributed by atoms with Crippen molar-refractivity contribution in [3.8, 4) is 0 Å². The molecule has 1 unspecified atom stereocenters. The third-order valence-electron chi connectivity index (χ3n) is 5.61. The summed E-state index contributed by atoms with van der Waals surface area (Å²) in [6.45, 7) is 6.76. The summed E-state index contributed by atoms with van der Waals surface area (Å²) >= 11 is 0. The predicted octanol–water partition coefficient (Wildman–Crippen LogP) is 3.75. The Morgan fingerprint density at radius 1 is 1.19 bits per heavy atom. The van der Waals surface area contributed by atoms with E-state index in [1.807, 2.05) is 4.90 Å². The van der Waals surface area contributed by atoms with Crippen molar-refractivity contribution in [3.05, 3.63) is 46.5 Å². The number of carbonyl (C=O) groups excluding carboxylic acids is 2. The Balaban J connectivity index is 1.64. The summed E-state index contributed by atoms with van der Waals surface area (Å²) in [4.78, 5) is 27.3. The number of benzene rings is 1. The van der Waals surface area contributed by atoms with Gasteiger partial charge in [-0.3, -0.25) is 9.59 Å². The molecule has 0 spiro atoms. The summed E-state index contributed by atoms with van der Waals surface area (Å²) in [7, 11) is 0. The van der Waals surface area contributed by atoms with Crippen molar-refractivity contribution in [2.24, 2.45) is 0 Å². The number of hydrogen-bond donors (Lipinski definition) is 1. The Hall–Kier alpha value is -2.10. The van der Waals surface area contributed by atoms with Gasteiger partial charge in [-0.2, -0.15) is 0 Å². The van der Waals surface area contributed by atoms with Gasteiger partial charge in [0.2, 0.25) is 5.91 Å². The van der Waals surface area contributed by atoms with Gasteiger partial charge in [-0.05, 0) is 56.2 Å². The van der Waals surface area contributed by atoms with Crippen molar-refractivity contribution in [2.45, 2.75) is 77.9 Å². The Kier molecular flexibility index (Phi) is 5.80. The van der Waals surface area contributed by atoms with E-state index in [1.54, 1.807) is 0 Å². The van der Waals surface area contributed by atoms with Gasteiger partial charge >= 0.3 is 0 Å². The highest BCUT2D eigenvalue weighted by molar-refractivity contribution is 6.02. The monoisotopic (exact) mass is 354 g/mol. The molecular weight excluding hydrogens is 324 g/mol. The molecule has 0 radical (unpaired) electrons. The minimum atomic E-state index is -0.0599. The number of nitrogens with one attached hydrogen (secondary N) is 1.